The van der Waals surface area contributed by atoms with E-state index in [1.165, 1.54) is 24.6 Å². The van der Waals surface area contributed by atoms with Crippen LogP contribution in [0, 0.1) is 12.8 Å². The molecular weight excluding hydrogens is 296 g/mol. The number of allylic oxidation sites excluding steroid dienone is 1. The topological polar surface area (TPSA) is 51.0 Å². The van der Waals surface area contributed by atoms with Gasteiger partial charge in [0.15, 0.2) is 5.16 Å². The normalized spacial score (nSPS) is 21.6. The van der Waals surface area contributed by atoms with Crippen molar-refractivity contribution in [2.75, 3.05) is 12.8 Å². The van der Waals surface area contributed by atoms with Gasteiger partial charge in [0.05, 0.1) is 5.75 Å². The van der Waals surface area contributed by atoms with Gasteiger partial charge in [-0.15, -0.1) is 16.8 Å². The Morgan fingerprint density at radius 2 is 2.09 bits per heavy atom. The number of carbonyl (C=O) groups is 1. The molecule has 0 bridgehead atoms. The minimum absolute atomic E-state index is 0.176. The maximum atomic E-state index is 12.4. The molecule has 5 nitrogen and oxygen atoms in total. The molecule has 0 spiro atoms. The van der Waals surface area contributed by atoms with Crippen molar-refractivity contribution in [2.24, 2.45) is 5.92 Å². The van der Waals surface area contributed by atoms with Gasteiger partial charge in [-0.05, 0) is 38.5 Å². The van der Waals surface area contributed by atoms with Crippen LogP contribution in [0.5, 0.6) is 0 Å². The van der Waals surface area contributed by atoms with E-state index in [2.05, 4.69) is 23.7 Å². The summed E-state index contributed by atoms with van der Waals surface area (Å²) in [6.45, 7) is 8.63. The van der Waals surface area contributed by atoms with Crippen molar-refractivity contribution in [1.29, 1.82) is 0 Å². The molecule has 0 N–H and O–H groups in total. The highest BCUT2D eigenvalue weighted by molar-refractivity contribution is 7.99. The lowest BCUT2D eigenvalue weighted by molar-refractivity contribution is -0.129. The third-order valence-electron chi connectivity index (χ3n) is 4.46. The molecule has 22 heavy (non-hydrogen) atoms. The molecule has 0 aromatic carbocycles. The SMILES string of the molecule is C=CCn1c(C)nnc1SCC(=O)N(C)C1CCC(C)CC1. The average Bonchev–Trinajstić information content (AvgIpc) is 2.86. The average molecular weight is 322 g/mol. The maximum absolute atomic E-state index is 12.4. The Bertz CT molecular complexity index is 520. The van der Waals surface area contributed by atoms with Gasteiger partial charge in [-0.2, -0.15) is 0 Å². The van der Waals surface area contributed by atoms with Crippen LogP contribution in [0.25, 0.3) is 0 Å². The monoisotopic (exact) mass is 322 g/mol. The molecule has 1 saturated carbocycles. The van der Waals surface area contributed by atoms with Gasteiger partial charge in [0.1, 0.15) is 5.82 Å². The molecule has 0 saturated heterocycles. The van der Waals surface area contributed by atoms with Crippen molar-refractivity contribution in [3.63, 3.8) is 0 Å². The number of hydrogen-bond donors (Lipinski definition) is 0. The highest BCUT2D eigenvalue weighted by Crippen LogP contribution is 2.27. The van der Waals surface area contributed by atoms with Crippen LogP contribution in [0.1, 0.15) is 38.4 Å². The van der Waals surface area contributed by atoms with Crippen LogP contribution in [0.3, 0.4) is 0 Å². The molecule has 0 unspecified atom stereocenters. The Kier molecular flexibility index (Phi) is 6.06. The van der Waals surface area contributed by atoms with E-state index < -0.39 is 0 Å². The second-order valence-corrected chi connectivity index (χ2v) is 7.08. The first-order valence-electron chi connectivity index (χ1n) is 7.92. The molecule has 0 atom stereocenters. The van der Waals surface area contributed by atoms with E-state index in [9.17, 15) is 4.79 Å². The summed E-state index contributed by atoms with van der Waals surface area (Å²) in [7, 11) is 1.93. The zero-order chi connectivity index (χ0) is 16.1. The predicted molar refractivity (Wildman–Crippen MR) is 89.9 cm³/mol. The molecule has 6 heteroatoms. The molecule has 1 amide bonds. The van der Waals surface area contributed by atoms with E-state index >= 15 is 0 Å². The number of amides is 1. The van der Waals surface area contributed by atoms with Crippen LogP contribution >= 0.6 is 11.8 Å². The van der Waals surface area contributed by atoms with Gasteiger partial charge in [0, 0.05) is 19.6 Å². The zero-order valence-electron chi connectivity index (χ0n) is 13.8. The molecule has 1 aliphatic rings. The molecule has 1 aromatic heterocycles. The van der Waals surface area contributed by atoms with E-state index in [0.717, 1.165) is 29.7 Å². The summed E-state index contributed by atoms with van der Waals surface area (Å²) in [4.78, 5) is 14.3. The Morgan fingerprint density at radius 1 is 1.41 bits per heavy atom. The van der Waals surface area contributed by atoms with Gasteiger partial charge >= 0.3 is 0 Å². The molecule has 1 fully saturated rings. The first-order valence-corrected chi connectivity index (χ1v) is 8.90. The van der Waals surface area contributed by atoms with Crippen molar-refractivity contribution >= 4 is 17.7 Å². The fourth-order valence-electron chi connectivity index (χ4n) is 2.87. The lowest BCUT2D eigenvalue weighted by Gasteiger charge is -2.33. The number of rotatable bonds is 6. The first-order chi connectivity index (χ1) is 10.5. The van der Waals surface area contributed by atoms with Gasteiger partial charge in [0.2, 0.25) is 5.91 Å². The minimum atomic E-state index is 0.176. The van der Waals surface area contributed by atoms with Gasteiger partial charge in [-0.3, -0.25) is 4.79 Å². The van der Waals surface area contributed by atoms with Crippen molar-refractivity contribution in [2.45, 2.75) is 57.3 Å². The van der Waals surface area contributed by atoms with Crippen LogP contribution < -0.4 is 0 Å². The molecule has 1 aromatic rings. The van der Waals surface area contributed by atoms with Gasteiger partial charge in [-0.25, -0.2) is 0 Å². The summed E-state index contributed by atoms with van der Waals surface area (Å²) in [5.41, 5.74) is 0. The number of nitrogens with zero attached hydrogens (tertiary/aromatic N) is 4. The van der Waals surface area contributed by atoms with Crippen LogP contribution in [0.15, 0.2) is 17.8 Å². The van der Waals surface area contributed by atoms with Gasteiger partial charge in [0.25, 0.3) is 0 Å². The fourth-order valence-corrected chi connectivity index (χ4v) is 3.79. The van der Waals surface area contributed by atoms with Crippen molar-refractivity contribution < 1.29 is 4.79 Å². The summed E-state index contributed by atoms with van der Waals surface area (Å²) in [6.07, 6.45) is 6.52. The zero-order valence-corrected chi connectivity index (χ0v) is 14.6. The molecule has 122 valence electrons. The summed E-state index contributed by atoms with van der Waals surface area (Å²) < 4.78 is 1.98. The van der Waals surface area contributed by atoms with E-state index in [-0.39, 0.29) is 5.91 Å². The lowest BCUT2D eigenvalue weighted by Crippen LogP contribution is -2.40. The van der Waals surface area contributed by atoms with E-state index in [1.807, 2.05) is 29.5 Å². The van der Waals surface area contributed by atoms with Gasteiger partial charge < -0.3 is 9.47 Å². The third-order valence-corrected chi connectivity index (χ3v) is 5.42. The molecule has 1 aliphatic carbocycles. The lowest BCUT2D eigenvalue weighted by atomic mass is 9.87. The van der Waals surface area contributed by atoms with E-state index in [1.54, 1.807) is 0 Å². The number of carbonyl (C=O) groups excluding carboxylic acids is 1. The summed E-state index contributed by atoms with van der Waals surface area (Å²) in [6, 6.07) is 0.400. The first kappa shape index (κ1) is 17.1. The molecule has 2 rings (SSSR count). The number of aromatic nitrogens is 3. The number of aryl methyl sites for hydroxylation is 1. The standard InChI is InChI=1S/C16H26N4OS/c1-5-10-20-13(3)17-18-16(20)22-11-15(21)19(4)14-8-6-12(2)7-9-14/h5,12,14H,1,6-11H2,2-4H3. The quantitative estimate of drug-likeness (QED) is 0.597. The smallest absolute Gasteiger partial charge is 0.233 e. The summed E-state index contributed by atoms with van der Waals surface area (Å²) in [5, 5.41) is 9.01. The molecule has 1 heterocycles. The molecule has 0 aliphatic heterocycles. The van der Waals surface area contributed by atoms with Crippen molar-refractivity contribution in [3.8, 4) is 0 Å². The fraction of sp³-hybridized carbons (Fsp3) is 0.688. The summed E-state index contributed by atoms with van der Waals surface area (Å²) in [5.74, 6) is 2.24. The second kappa shape index (κ2) is 7.81. The highest BCUT2D eigenvalue weighted by Gasteiger charge is 2.25. The van der Waals surface area contributed by atoms with Crippen LogP contribution in [-0.4, -0.2) is 44.4 Å². The second-order valence-electron chi connectivity index (χ2n) is 6.14. The van der Waals surface area contributed by atoms with E-state index in [4.69, 9.17) is 0 Å². The van der Waals surface area contributed by atoms with Gasteiger partial charge in [-0.1, -0.05) is 24.8 Å². The molecule has 0 radical (unpaired) electrons. The largest absolute Gasteiger partial charge is 0.342 e. The van der Waals surface area contributed by atoms with Crippen LogP contribution in [-0.2, 0) is 11.3 Å². The Balaban J connectivity index is 1.88. The molecular formula is C16H26N4OS. The third kappa shape index (κ3) is 4.12. The Hall–Kier alpha value is -1.30. The maximum Gasteiger partial charge on any atom is 0.233 e. The highest BCUT2D eigenvalue weighted by atomic mass is 32.2. The Labute approximate surface area is 137 Å². The number of thioether (sulfide) groups is 1. The van der Waals surface area contributed by atoms with E-state index in [0.29, 0.717) is 18.3 Å². The summed E-state index contributed by atoms with van der Waals surface area (Å²) >= 11 is 1.46. The van der Waals surface area contributed by atoms with Crippen molar-refractivity contribution in [3.05, 3.63) is 18.5 Å². The van der Waals surface area contributed by atoms with Crippen molar-refractivity contribution in [1.82, 2.24) is 19.7 Å². The van der Waals surface area contributed by atoms with Crippen LogP contribution in [0.4, 0.5) is 0 Å². The predicted octanol–water partition coefficient (Wildman–Crippen LogP) is 2.90. The minimum Gasteiger partial charge on any atom is -0.342 e. The van der Waals surface area contributed by atoms with Crippen LogP contribution in [0.2, 0.25) is 0 Å². The number of hydrogen-bond acceptors (Lipinski definition) is 4. The Morgan fingerprint density at radius 3 is 2.73 bits per heavy atom.